The maximum absolute atomic E-state index is 11.7. The molecule has 1 aromatic carbocycles. The zero-order valence-electron chi connectivity index (χ0n) is 12.5. The number of hydrogen-bond acceptors (Lipinski definition) is 4. The van der Waals surface area contributed by atoms with E-state index in [2.05, 4.69) is 33.9 Å². The van der Waals surface area contributed by atoms with Crippen LogP contribution in [0.2, 0.25) is 0 Å². The molecule has 1 aliphatic heterocycles. The molecule has 1 aliphatic rings. The number of benzene rings is 1. The number of rotatable bonds is 2. The van der Waals surface area contributed by atoms with Crippen molar-refractivity contribution in [3.8, 4) is 0 Å². The number of aryl methyl sites for hydroxylation is 1. The van der Waals surface area contributed by atoms with E-state index in [-0.39, 0.29) is 5.91 Å². The van der Waals surface area contributed by atoms with Crippen LogP contribution in [-0.4, -0.2) is 47.0 Å². The number of anilines is 1. The molecule has 1 amide bonds. The summed E-state index contributed by atoms with van der Waals surface area (Å²) < 4.78 is 0. The fraction of sp³-hybridized carbons (Fsp3) is 0.438. The first-order valence-electron chi connectivity index (χ1n) is 7.43. The summed E-state index contributed by atoms with van der Waals surface area (Å²) in [6.45, 7) is 7.18. The van der Waals surface area contributed by atoms with Crippen molar-refractivity contribution in [1.82, 2.24) is 14.9 Å². The Morgan fingerprint density at radius 1 is 1.19 bits per heavy atom. The first-order chi connectivity index (χ1) is 10.2. The van der Waals surface area contributed by atoms with Gasteiger partial charge in [0, 0.05) is 38.0 Å². The van der Waals surface area contributed by atoms with E-state index < -0.39 is 0 Å². The molecule has 21 heavy (non-hydrogen) atoms. The van der Waals surface area contributed by atoms with Crippen LogP contribution < -0.4 is 4.90 Å². The summed E-state index contributed by atoms with van der Waals surface area (Å²) in [4.78, 5) is 24.7. The van der Waals surface area contributed by atoms with Gasteiger partial charge in [-0.2, -0.15) is 0 Å². The molecule has 5 nitrogen and oxygen atoms in total. The standard InChI is InChI=1S/C16H20N4O/c1-3-15(21)19-6-8-20(9-7-19)16-13-10-12(2)4-5-14(13)17-11-18-16/h4-5,10-11H,3,6-9H2,1-2H3. The molecule has 0 radical (unpaired) electrons. The van der Waals surface area contributed by atoms with Gasteiger partial charge in [0.2, 0.25) is 5.91 Å². The first kappa shape index (κ1) is 13.8. The van der Waals surface area contributed by atoms with Gasteiger partial charge in [0.05, 0.1) is 5.52 Å². The minimum Gasteiger partial charge on any atom is -0.352 e. The van der Waals surface area contributed by atoms with Crippen molar-refractivity contribution in [2.24, 2.45) is 0 Å². The van der Waals surface area contributed by atoms with Crippen molar-refractivity contribution in [3.05, 3.63) is 30.1 Å². The van der Waals surface area contributed by atoms with E-state index >= 15 is 0 Å². The smallest absolute Gasteiger partial charge is 0.222 e. The molecule has 2 aromatic rings. The fourth-order valence-corrected chi connectivity index (χ4v) is 2.80. The van der Waals surface area contributed by atoms with Crippen LogP contribution in [0.5, 0.6) is 0 Å². The van der Waals surface area contributed by atoms with Crippen LogP contribution in [0.3, 0.4) is 0 Å². The van der Waals surface area contributed by atoms with Gasteiger partial charge in [0.15, 0.2) is 0 Å². The summed E-state index contributed by atoms with van der Waals surface area (Å²) in [5, 5.41) is 1.09. The summed E-state index contributed by atoms with van der Waals surface area (Å²) in [5.74, 6) is 1.21. The molecule has 0 aliphatic carbocycles. The van der Waals surface area contributed by atoms with Crippen molar-refractivity contribution < 1.29 is 4.79 Å². The van der Waals surface area contributed by atoms with E-state index in [1.807, 2.05) is 17.9 Å². The lowest BCUT2D eigenvalue weighted by atomic mass is 10.1. The molecule has 0 spiro atoms. The molecule has 1 saturated heterocycles. The molecule has 5 heteroatoms. The highest BCUT2D eigenvalue weighted by atomic mass is 16.2. The predicted octanol–water partition coefficient (Wildman–Crippen LogP) is 2.00. The lowest BCUT2D eigenvalue weighted by Gasteiger charge is -2.35. The van der Waals surface area contributed by atoms with Crippen LogP contribution in [0.25, 0.3) is 10.9 Å². The molecule has 1 fully saturated rings. The fourth-order valence-electron chi connectivity index (χ4n) is 2.80. The van der Waals surface area contributed by atoms with Crippen molar-refractivity contribution in [3.63, 3.8) is 0 Å². The van der Waals surface area contributed by atoms with Gasteiger partial charge < -0.3 is 9.80 Å². The third-order valence-electron chi connectivity index (χ3n) is 4.00. The molecular weight excluding hydrogens is 264 g/mol. The molecule has 0 atom stereocenters. The molecule has 1 aromatic heterocycles. The maximum Gasteiger partial charge on any atom is 0.222 e. The molecule has 3 rings (SSSR count). The summed E-state index contributed by atoms with van der Waals surface area (Å²) >= 11 is 0. The van der Waals surface area contributed by atoms with Gasteiger partial charge in [-0.25, -0.2) is 9.97 Å². The monoisotopic (exact) mass is 284 g/mol. The Labute approximate surface area is 124 Å². The number of fused-ring (bicyclic) bond motifs is 1. The van der Waals surface area contributed by atoms with Crippen molar-refractivity contribution in [1.29, 1.82) is 0 Å². The topological polar surface area (TPSA) is 49.3 Å². The lowest BCUT2D eigenvalue weighted by Crippen LogP contribution is -2.48. The number of carbonyl (C=O) groups is 1. The Hall–Kier alpha value is -2.17. The highest BCUT2D eigenvalue weighted by Crippen LogP contribution is 2.24. The number of hydrogen-bond donors (Lipinski definition) is 0. The summed E-state index contributed by atoms with van der Waals surface area (Å²) in [6.07, 6.45) is 2.20. The van der Waals surface area contributed by atoms with Crippen LogP contribution in [0.1, 0.15) is 18.9 Å². The van der Waals surface area contributed by atoms with Crippen LogP contribution in [-0.2, 0) is 4.79 Å². The summed E-state index contributed by atoms with van der Waals surface area (Å²) in [6, 6.07) is 6.23. The van der Waals surface area contributed by atoms with E-state index in [4.69, 9.17) is 0 Å². The van der Waals surface area contributed by atoms with Gasteiger partial charge in [-0.05, 0) is 19.1 Å². The van der Waals surface area contributed by atoms with Crippen molar-refractivity contribution in [2.45, 2.75) is 20.3 Å². The van der Waals surface area contributed by atoms with E-state index in [1.165, 1.54) is 5.56 Å². The highest BCUT2D eigenvalue weighted by molar-refractivity contribution is 5.90. The van der Waals surface area contributed by atoms with Gasteiger partial charge >= 0.3 is 0 Å². The van der Waals surface area contributed by atoms with E-state index in [0.717, 1.165) is 42.9 Å². The van der Waals surface area contributed by atoms with Crippen LogP contribution in [0.4, 0.5) is 5.82 Å². The zero-order chi connectivity index (χ0) is 14.8. The molecule has 110 valence electrons. The van der Waals surface area contributed by atoms with Gasteiger partial charge in [-0.1, -0.05) is 18.6 Å². The predicted molar refractivity (Wildman–Crippen MR) is 83.4 cm³/mol. The number of nitrogens with zero attached hydrogens (tertiary/aromatic N) is 4. The second-order valence-corrected chi connectivity index (χ2v) is 5.44. The zero-order valence-corrected chi connectivity index (χ0v) is 12.5. The number of amides is 1. The number of carbonyl (C=O) groups excluding carboxylic acids is 1. The lowest BCUT2D eigenvalue weighted by molar-refractivity contribution is -0.131. The quantitative estimate of drug-likeness (QED) is 0.846. The van der Waals surface area contributed by atoms with E-state index in [0.29, 0.717) is 6.42 Å². The van der Waals surface area contributed by atoms with Crippen LogP contribution >= 0.6 is 0 Å². The SMILES string of the molecule is CCC(=O)N1CCN(c2ncnc3ccc(C)cc23)CC1. The van der Waals surface area contributed by atoms with Gasteiger partial charge in [-0.3, -0.25) is 4.79 Å². The second kappa shape index (κ2) is 5.68. The Morgan fingerprint density at radius 3 is 2.67 bits per heavy atom. The summed E-state index contributed by atoms with van der Waals surface area (Å²) in [5.41, 5.74) is 2.18. The van der Waals surface area contributed by atoms with Crippen molar-refractivity contribution >= 4 is 22.6 Å². The molecule has 0 bridgehead atoms. The number of piperazine rings is 1. The second-order valence-electron chi connectivity index (χ2n) is 5.44. The van der Waals surface area contributed by atoms with Gasteiger partial charge in [0.25, 0.3) is 0 Å². The maximum atomic E-state index is 11.7. The van der Waals surface area contributed by atoms with Crippen LogP contribution in [0.15, 0.2) is 24.5 Å². The third-order valence-corrected chi connectivity index (χ3v) is 4.00. The molecule has 0 saturated carbocycles. The largest absolute Gasteiger partial charge is 0.352 e. The first-order valence-corrected chi connectivity index (χ1v) is 7.43. The third kappa shape index (κ3) is 2.68. The van der Waals surface area contributed by atoms with Crippen molar-refractivity contribution in [2.75, 3.05) is 31.1 Å². The number of aromatic nitrogens is 2. The molecular formula is C16H20N4O. The Kier molecular flexibility index (Phi) is 3.73. The Balaban J connectivity index is 1.85. The Morgan fingerprint density at radius 2 is 1.95 bits per heavy atom. The normalized spacial score (nSPS) is 15.5. The van der Waals surface area contributed by atoms with E-state index in [1.54, 1.807) is 6.33 Å². The van der Waals surface area contributed by atoms with Crippen LogP contribution in [0, 0.1) is 6.92 Å². The minimum atomic E-state index is 0.234. The molecule has 0 unspecified atom stereocenters. The van der Waals surface area contributed by atoms with Gasteiger partial charge in [-0.15, -0.1) is 0 Å². The molecule has 0 N–H and O–H groups in total. The van der Waals surface area contributed by atoms with Gasteiger partial charge in [0.1, 0.15) is 12.1 Å². The van der Waals surface area contributed by atoms with E-state index in [9.17, 15) is 4.79 Å². The minimum absolute atomic E-state index is 0.234. The molecule has 2 heterocycles. The summed E-state index contributed by atoms with van der Waals surface area (Å²) in [7, 11) is 0. The Bertz CT molecular complexity index is 662. The highest BCUT2D eigenvalue weighted by Gasteiger charge is 2.22. The average Bonchev–Trinajstić information content (AvgIpc) is 2.53. The average molecular weight is 284 g/mol.